The molecule has 3 aromatic carbocycles. The number of nitrogens with one attached hydrogen (secondary N) is 2. The van der Waals surface area contributed by atoms with Crippen molar-refractivity contribution in [3.63, 3.8) is 0 Å². The van der Waals surface area contributed by atoms with E-state index < -0.39 is 22.5 Å². The molecular formula is C26H29N3O4S. The molecule has 2 N–H and O–H groups in total. The molecular weight excluding hydrogens is 450 g/mol. The molecule has 3 aromatic rings. The number of nitrogens with zero attached hydrogens (tertiary/aromatic N) is 1. The lowest BCUT2D eigenvalue weighted by molar-refractivity contribution is -0.114. The number of carbonyl (C=O) groups is 2. The maximum absolute atomic E-state index is 12.9. The molecule has 0 aliphatic rings. The molecule has 0 radical (unpaired) electrons. The van der Waals surface area contributed by atoms with Crippen LogP contribution in [0.4, 0.5) is 11.4 Å². The van der Waals surface area contributed by atoms with E-state index in [1.807, 2.05) is 56.3 Å². The average molecular weight is 480 g/mol. The lowest BCUT2D eigenvalue weighted by atomic mass is 10.1. The number of sulfonamides is 1. The van der Waals surface area contributed by atoms with Gasteiger partial charge in [-0.25, -0.2) is 8.42 Å². The second kappa shape index (κ2) is 11.0. The van der Waals surface area contributed by atoms with Gasteiger partial charge in [-0.05, 0) is 42.7 Å². The summed E-state index contributed by atoms with van der Waals surface area (Å²) in [6.07, 6.45) is 1.69. The van der Waals surface area contributed by atoms with Crippen LogP contribution in [0.15, 0.2) is 78.9 Å². The van der Waals surface area contributed by atoms with E-state index in [4.69, 9.17) is 0 Å². The van der Waals surface area contributed by atoms with Gasteiger partial charge in [0, 0.05) is 0 Å². The van der Waals surface area contributed by atoms with Crippen LogP contribution in [0.25, 0.3) is 0 Å². The molecule has 0 heterocycles. The Hall–Kier alpha value is -3.65. The zero-order chi connectivity index (χ0) is 24.7. The normalized spacial score (nSPS) is 12.0. The number of hydrogen-bond acceptors (Lipinski definition) is 4. The predicted octanol–water partition coefficient (Wildman–Crippen LogP) is 4.14. The summed E-state index contributed by atoms with van der Waals surface area (Å²) in [5, 5.41) is 5.64. The van der Waals surface area contributed by atoms with Crippen LogP contribution >= 0.6 is 0 Å². The highest BCUT2D eigenvalue weighted by atomic mass is 32.2. The molecule has 3 rings (SSSR count). The molecule has 34 heavy (non-hydrogen) atoms. The number of carbonyl (C=O) groups excluding carboxylic acids is 2. The zero-order valence-electron chi connectivity index (χ0n) is 19.5. The predicted molar refractivity (Wildman–Crippen MR) is 135 cm³/mol. The van der Waals surface area contributed by atoms with Crippen molar-refractivity contribution in [2.45, 2.75) is 26.3 Å². The van der Waals surface area contributed by atoms with E-state index >= 15 is 0 Å². The van der Waals surface area contributed by atoms with Gasteiger partial charge in [0.25, 0.3) is 5.91 Å². The smallest absolute Gasteiger partial charge is 0.253 e. The first-order chi connectivity index (χ1) is 16.2. The summed E-state index contributed by atoms with van der Waals surface area (Å²) in [5.41, 5.74) is 2.83. The molecule has 7 nitrogen and oxygen atoms in total. The Bertz CT molecular complexity index is 1260. The van der Waals surface area contributed by atoms with Crippen molar-refractivity contribution in [1.29, 1.82) is 0 Å². The molecule has 0 unspecified atom stereocenters. The largest absolute Gasteiger partial charge is 0.345 e. The number of hydrogen-bond donors (Lipinski definition) is 2. The number of amides is 2. The van der Waals surface area contributed by atoms with Crippen LogP contribution in [0.3, 0.4) is 0 Å². The first-order valence-electron chi connectivity index (χ1n) is 11.0. The van der Waals surface area contributed by atoms with Crippen molar-refractivity contribution >= 4 is 33.2 Å². The third-order valence-corrected chi connectivity index (χ3v) is 6.55. The van der Waals surface area contributed by atoms with Crippen LogP contribution in [-0.2, 0) is 21.2 Å². The molecule has 2 amide bonds. The number of benzene rings is 3. The van der Waals surface area contributed by atoms with E-state index in [1.54, 1.807) is 36.4 Å². The molecule has 0 saturated heterocycles. The van der Waals surface area contributed by atoms with Crippen molar-refractivity contribution in [1.82, 2.24) is 5.32 Å². The van der Waals surface area contributed by atoms with Crippen LogP contribution in [0.5, 0.6) is 0 Å². The highest BCUT2D eigenvalue weighted by Crippen LogP contribution is 2.24. The van der Waals surface area contributed by atoms with Crippen LogP contribution in [-0.4, -0.2) is 33.0 Å². The van der Waals surface area contributed by atoms with Crippen molar-refractivity contribution in [3.8, 4) is 0 Å². The van der Waals surface area contributed by atoms with Gasteiger partial charge in [0.2, 0.25) is 15.9 Å². The van der Waals surface area contributed by atoms with E-state index in [2.05, 4.69) is 10.6 Å². The Kier molecular flexibility index (Phi) is 8.07. The Morgan fingerprint density at radius 3 is 2.21 bits per heavy atom. The number of rotatable bonds is 9. The maximum Gasteiger partial charge on any atom is 0.253 e. The SMILES string of the molecule is CCc1ccccc1N(CC(=O)Nc1ccccc1C(=O)N[C@H](C)c1ccccc1)S(C)(=O)=O. The number of para-hydroxylation sites is 2. The first kappa shape index (κ1) is 25.0. The van der Waals surface area contributed by atoms with Gasteiger partial charge >= 0.3 is 0 Å². The standard InChI is InChI=1S/C26H29N3O4S/c1-4-20-12-8-11-17-24(20)29(34(3,32)33)18-25(30)28-23-16-10-9-15-22(23)26(31)27-19(2)21-13-6-5-7-14-21/h5-17,19H,4,18H2,1-3H3,(H,27,31)(H,28,30)/t19-/m1/s1. The van der Waals surface area contributed by atoms with Crippen LogP contribution in [0.1, 0.15) is 41.4 Å². The first-order valence-corrected chi connectivity index (χ1v) is 12.9. The Morgan fingerprint density at radius 2 is 1.53 bits per heavy atom. The number of aryl methyl sites for hydroxylation is 1. The number of anilines is 2. The lowest BCUT2D eigenvalue weighted by Gasteiger charge is -2.24. The van der Waals surface area contributed by atoms with Gasteiger partial charge in [-0.2, -0.15) is 0 Å². The lowest BCUT2D eigenvalue weighted by Crippen LogP contribution is -2.38. The van der Waals surface area contributed by atoms with Crippen molar-refractivity contribution in [2.75, 3.05) is 22.4 Å². The highest BCUT2D eigenvalue weighted by molar-refractivity contribution is 7.92. The van der Waals surface area contributed by atoms with Crippen LogP contribution in [0.2, 0.25) is 0 Å². The van der Waals surface area contributed by atoms with Gasteiger partial charge in [-0.3, -0.25) is 13.9 Å². The molecule has 1 atom stereocenters. The minimum Gasteiger partial charge on any atom is -0.345 e. The molecule has 8 heteroatoms. The summed E-state index contributed by atoms with van der Waals surface area (Å²) in [7, 11) is -3.72. The van der Waals surface area contributed by atoms with Crippen LogP contribution < -0.4 is 14.9 Å². The molecule has 178 valence electrons. The monoisotopic (exact) mass is 479 g/mol. The van der Waals surface area contributed by atoms with Gasteiger partial charge < -0.3 is 10.6 Å². The third-order valence-electron chi connectivity index (χ3n) is 5.42. The van der Waals surface area contributed by atoms with E-state index in [1.165, 1.54) is 0 Å². The topological polar surface area (TPSA) is 95.6 Å². The second-order valence-corrected chi connectivity index (χ2v) is 9.86. The summed E-state index contributed by atoms with van der Waals surface area (Å²) in [5.74, 6) is -0.892. The van der Waals surface area contributed by atoms with E-state index in [-0.39, 0.29) is 11.9 Å². The van der Waals surface area contributed by atoms with Crippen molar-refractivity contribution in [3.05, 3.63) is 95.6 Å². The van der Waals surface area contributed by atoms with Gasteiger partial charge in [0.1, 0.15) is 6.54 Å². The third kappa shape index (κ3) is 6.23. The van der Waals surface area contributed by atoms with E-state index in [0.717, 1.165) is 21.7 Å². The molecule has 0 spiro atoms. The minimum absolute atomic E-state index is 0.233. The van der Waals surface area contributed by atoms with Gasteiger partial charge in [0.05, 0.1) is 29.2 Å². The van der Waals surface area contributed by atoms with Crippen LogP contribution in [0, 0.1) is 0 Å². The average Bonchev–Trinajstić information content (AvgIpc) is 2.82. The summed E-state index contributed by atoms with van der Waals surface area (Å²) in [6.45, 7) is 3.39. The molecule has 0 aromatic heterocycles. The molecule has 0 aliphatic heterocycles. The fourth-order valence-corrected chi connectivity index (χ4v) is 4.53. The van der Waals surface area contributed by atoms with Gasteiger partial charge in [-0.1, -0.05) is 67.6 Å². The van der Waals surface area contributed by atoms with E-state index in [0.29, 0.717) is 23.4 Å². The highest BCUT2D eigenvalue weighted by Gasteiger charge is 2.24. The van der Waals surface area contributed by atoms with Gasteiger partial charge in [-0.15, -0.1) is 0 Å². The summed E-state index contributed by atoms with van der Waals surface area (Å²) in [4.78, 5) is 25.9. The molecule has 0 fully saturated rings. The summed E-state index contributed by atoms with van der Waals surface area (Å²) in [6, 6.07) is 23.0. The Labute approximate surface area is 200 Å². The Balaban J connectivity index is 1.79. The second-order valence-electron chi connectivity index (χ2n) is 7.95. The Morgan fingerprint density at radius 1 is 0.912 bits per heavy atom. The van der Waals surface area contributed by atoms with E-state index in [9.17, 15) is 18.0 Å². The molecule has 0 saturated carbocycles. The fourth-order valence-electron chi connectivity index (χ4n) is 3.64. The zero-order valence-corrected chi connectivity index (χ0v) is 20.3. The molecule has 0 aliphatic carbocycles. The summed E-state index contributed by atoms with van der Waals surface area (Å²) < 4.78 is 26.1. The summed E-state index contributed by atoms with van der Waals surface area (Å²) >= 11 is 0. The van der Waals surface area contributed by atoms with Crippen molar-refractivity contribution in [2.24, 2.45) is 0 Å². The minimum atomic E-state index is -3.72. The maximum atomic E-state index is 12.9. The quantitative estimate of drug-likeness (QED) is 0.482. The fraction of sp³-hybridized carbons (Fsp3) is 0.231. The van der Waals surface area contributed by atoms with Gasteiger partial charge in [0.15, 0.2) is 0 Å². The molecule has 0 bridgehead atoms. The van der Waals surface area contributed by atoms with Crippen molar-refractivity contribution < 1.29 is 18.0 Å².